The summed E-state index contributed by atoms with van der Waals surface area (Å²) < 4.78 is 1.37. The van der Waals surface area contributed by atoms with Gasteiger partial charge in [-0.25, -0.2) is 9.67 Å². The van der Waals surface area contributed by atoms with E-state index in [2.05, 4.69) is 35.9 Å². The molecule has 3 aliphatic heterocycles. The summed E-state index contributed by atoms with van der Waals surface area (Å²) >= 11 is 3.52. The number of β-lactam (4-membered cyclic amide) rings is 1. The van der Waals surface area contributed by atoms with Crippen LogP contribution < -0.4 is 11.1 Å². The number of tetrazole rings is 1. The monoisotopic (exact) mass is 639 g/mol. The van der Waals surface area contributed by atoms with Crippen molar-refractivity contribution in [3.63, 3.8) is 0 Å². The highest BCUT2D eigenvalue weighted by Crippen LogP contribution is 2.44. The number of hydrogen-bond acceptors (Lipinski definition) is 15. The fourth-order valence-electron chi connectivity index (χ4n) is 4.69. The van der Waals surface area contributed by atoms with Crippen LogP contribution in [0.2, 0.25) is 0 Å². The Labute approximate surface area is 252 Å². The van der Waals surface area contributed by atoms with Crippen LogP contribution in [-0.4, -0.2) is 144 Å². The van der Waals surface area contributed by atoms with Crippen molar-refractivity contribution in [3.8, 4) is 0 Å². The number of nitrogens with zero attached hydrogens (tertiary/aromatic N) is 9. The van der Waals surface area contributed by atoms with Crippen molar-refractivity contribution in [1.29, 1.82) is 0 Å². The van der Waals surface area contributed by atoms with Crippen molar-refractivity contribution in [1.82, 2.24) is 45.2 Å². The fraction of sp³-hybridized carbons (Fsp3) is 0.591. The van der Waals surface area contributed by atoms with E-state index in [0.29, 0.717) is 18.2 Å². The number of aliphatic carboxylic acids is 1. The van der Waals surface area contributed by atoms with E-state index >= 15 is 0 Å². The summed E-state index contributed by atoms with van der Waals surface area (Å²) in [5.41, 5.74) is 4.46. The van der Waals surface area contributed by atoms with E-state index in [1.54, 1.807) is 10.3 Å². The van der Waals surface area contributed by atoms with Crippen LogP contribution in [0.5, 0.6) is 0 Å². The van der Waals surface area contributed by atoms with Crippen LogP contribution in [0.3, 0.4) is 0 Å². The van der Waals surface area contributed by atoms with Gasteiger partial charge < -0.3 is 35.7 Å². The van der Waals surface area contributed by atoms with Crippen molar-refractivity contribution < 1.29 is 29.1 Å². The number of carboxylic acids is 1. The summed E-state index contributed by atoms with van der Waals surface area (Å²) in [5, 5.41) is 29.9. The maximum Gasteiger partial charge on any atom is 0.313 e. The first-order chi connectivity index (χ1) is 20.1. The van der Waals surface area contributed by atoms with Gasteiger partial charge in [0, 0.05) is 49.6 Å². The number of nitrogen functional groups attached to an aromatic ring is 1. The second-order valence-corrected chi connectivity index (χ2v) is 12.9. The number of likely N-dealkylation sites (N-methyl/N-ethyl adjacent to an activating group) is 1. The van der Waals surface area contributed by atoms with Crippen molar-refractivity contribution in [2.45, 2.75) is 23.1 Å². The average molecular weight is 640 g/mol. The van der Waals surface area contributed by atoms with Crippen LogP contribution in [-0.2, 0) is 30.6 Å². The normalized spacial score (nSPS) is 24.6. The molecule has 2 unspecified atom stereocenters. The molecule has 20 heteroatoms. The molecule has 3 amide bonds. The first-order valence-corrected chi connectivity index (χ1v) is 15.7. The van der Waals surface area contributed by atoms with Crippen molar-refractivity contribution in [3.05, 3.63) is 11.1 Å². The number of thioether (sulfide) groups is 2. The third-order valence-electron chi connectivity index (χ3n) is 7.16. The predicted octanol–water partition coefficient (Wildman–Crippen LogP) is -1.90. The zero-order valence-corrected chi connectivity index (χ0v) is 25.2. The van der Waals surface area contributed by atoms with Crippen LogP contribution in [0.4, 0.5) is 5.13 Å². The highest BCUT2D eigenvalue weighted by molar-refractivity contribution is 8.00. The molecule has 5 rings (SSSR count). The van der Waals surface area contributed by atoms with E-state index < -0.39 is 34.6 Å². The number of hydrogen-bond donors (Lipinski definition) is 3. The lowest BCUT2D eigenvalue weighted by Crippen LogP contribution is -2.74. The largest absolute Gasteiger partial charge is 0.481 e. The number of thiazole rings is 1. The maximum atomic E-state index is 13.1. The quantitative estimate of drug-likeness (QED) is 0.112. The SMILES string of the molecule is CON=C(C(=O)NC1C(=O)N2CC(CSc3nnnn3CC(=O)N3CCN(C)CC3)(C(=O)O)CS[C@H]12)c1csc(N)n1. The summed E-state index contributed by atoms with van der Waals surface area (Å²) in [6.07, 6.45) is 0. The van der Waals surface area contributed by atoms with Gasteiger partial charge in [0.2, 0.25) is 17.0 Å². The zero-order chi connectivity index (χ0) is 30.0. The third-order valence-corrected chi connectivity index (χ3v) is 10.7. The molecule has 3 aliphatic rings. The highest BCUT2D eigenvalue weighted by atomic mass is 32.2. The maximum absolute atomic E-state index is 13.1. The minimum atomic E-state index is -1.30. The number of carbonyl (C=O) groups excluding carboxylic acids is 3. The second-order valence-electron chi connectivity index (χ2n) is 9.99. The molecule has 42 heavy (non-hydrogen) atoms. The van der Waals surface area contributed by atoms with Gasteiger partial charge in [0.15, 0.2) is 10.8 Å². The molecule has 5 heterocycles. The molecular formula is C22H29N11O6S3. The topological polar surface area (TPSA) is 214 Å². The molecule has 4 N–H and O–H groups in total. The van der Waals surface area contributed by atoms with Crippen molar-refractivity contribution in [2.24, 2.45) is 10.6 Å². The summed E-state index contributed by atoms with van der Waals surface area (Å²) in [6.45, 7) is 2.69. The minimum absolute atomic E-state index is 0.0518. The molecule has 2 aromatic rings. The average Bonchev–Trinajstić information content (AvgIpc) is 3.61. The van der Waals surface area contributed by atoms with Crippen molar-refractivity contribution in [2.75, 3.05) is 64.1 Å². The van der Waals surface area contributed by atoms with Crippen LogP contribution in [0.1, 0.15) is 5.69 Å². The Balaban J connectivity index is 1.20. The lowest BCUT2D eigenvalue weighted by Gasteiger charge is -2.53. The lowest BCUT2D eigenvalue weighted by atomic mass is 9.89. The summed E-state index contributed by atoms with van der Waals surface area (Å²) in [4.78, 5) is 65.4. The molecular weight excluding hydrogens is 611 g/mol. The lowest BCUT2D eigenvalue weighted by molar-refractivity contribution is -0.157. The molecule has 2 aromatic heterocycles. The number of anilines is 1. The molecule has 226 valence electrons. The van der Waals surface area contributed by atoms with E-state index in [9.17, 15) is 24.3 Å². The number of nitrogens with one attached hydrogen (secondary N) is 1. The molecule has 0 aromatic carbocycles. The number of carbonyl (C=O) groups is 4. The third kappa shape index (κ3) is 6.01. The predicted molar refractivity (Wildman–Crippen MR) is 153 cm³/mol. The molecule has 3 atom stereocenters. The van der Waals surface area contributed by atoms with E-state index in [-0.39, 0.29) is 47.0 Å². The molecule has 17 nitrogen and oxygen atoms in total. The number of carboxylic acid groups (broad SMARTS) is 1. The molecule has 0 aliphatic carbocycles. The summed E-state index contributed by atoms with van der Waals surface area (Å²) in [7, 11) is 3.28. The number of piperazine rings is 1. The Kier molecular flexibility index (Phi) is 8.85. The summed E-state index contributed by atoms with van der Waals surface area (Å²) in [5.74, 6) is -2.00. The number of oxime groups is 1. The zero-order valence-electron chi connectivity index (χ0n) is 22.7. The van der Waals surface area contributed by atoms with Gasteiger partial charge in [-0.05, 0) is 17.5 Å². The summed E-state index contributed by atoms with van der Waals surface area (Å²) in [6, 6.07) is -0.868. The number of nitrogens with two attached hydrogens (primary N) is 1. The molecule has 0 saturated carbocycles. The Bertz CT molecular complexity index is 1390. The number of amides is 3. The Morgan fingerprint density at radius 2 is 2.07 bits per heavy atom. The van der Waals surface area contributed by atoms with Gasteiger partial charge in [-0.1, -0.05) is 16.9 Å². The van der Waals surface area contributed by atoms with Gasteiger partial charge in [0.1, 0.15) is 36.2 Å². The minimum Gasteiger partial charge on any atom is -0.481 e. The van der Waals surface area contributed by atoms with Gasteiger partial charge in [0.25, 0.3) is 5.91 Å². The van der Waals surface area contributed by atoms with E-state index in [4.69, 9.17) is 10.6 Å². The Morgan fingerprint density at radius 3 is 2.74 bits per heavy atom. The van der Waals surface area contributed by atoms with Gasteiger partial charge in [-0.3, -0.25) is 19.2 Å². The van der Waals surface area contributed by atoms with Gasteiger partial charge in [-0.15, -0.1) is 28.2 Å². The molecule has 0 spiro atoms. The first-order valence-electron chi connectivity index (χ1n) is 12.8. The molecule has 0 bridgehead atoms. The highest BCUT2D eigenvalue weighted by Gasteiger charge is 2.57. The van der Waals surface area contributed by atoms with Crippen LogP contribution in [0.15, 0.2) is 15.7 Å². The van der Waals surface area contributed by atoms with Gasteiger partial charge in [-0.2, -0.15) is 0 Å². The number of aromatic nitrogens is 5. The van der Waals surface area contributed by atoms with Gasteiger partial charge >= 0.3 is 5.97 Å². The first kappa shape index (κ1) is 30.0. The van der Waals surface area contributed by atoms with E-state index in [1.807, 2.05) is 7.05 Å². The second kappa shape index (κ2) is 12.4. The smallest absolute Gasteiger partial charge is 0.313 e. The number of fused-ring (bicyclic) bond motifs is 1. The van der Waals surface area contributed by atoms with Crippen molar-refractivity contribution >= 4 is 69.4 Å². The van der Waals surface area contributed by atoms with E-state index in [1.165, 1.54) is 28.5 Å². The fourth-order valence-corrected chi connectivity index (χ4v) is 7.98. The van der Waals surface area contributed by atoms with Gasteiger partial charge in [0.05, 0.1) is 0 Å². The molecule has 3 fully saturated rings. The Hall–Kier alpha value is -3.49. The number of rotatable bonds is 10. The molecule has 3 saturated heterocycles. The molecule has 0 radical (unpaired) electrons. The van der Waals surface area contributed by atoms with E-state index in [0.717, 1.165) is 36.2 Å². The van der Waals surface area contributed by atoms with Crippen LogP contribution in [0.25, 0.3) is 0 Å². The standard InChI is InChI=1S/C22H29N11O6S3/c1-30-3-5-31(6-4-30)13(34)7-33-21(26-28-29-33)42-11-22(19(37)38)9-32-17(36)15(18(32)41-10-22)25-16(35)14(27-39-2)12-8-40-20(23)24-12/h8,15,18H,3-7,9-11H2,1-2H3,(H2,23,24)(H,25,35)(H,37,38)/t15?,18-,22?/m1/s1. The van der Waals surface area contributed by atoms with Crippen LogP contribution in [0, 0.1) is 5.41 Å². The van der Waals surface area contributed by atoms with Crippen LogP contribution >= 0.6 is 34.9 Å². The Morgan fingerprint density at radius 1 is 1.31 bits per heavy atom.